The summed E-state index contributed by atoms with van der Waals surface area (Å²) < 4.78 is 0. The lowest BCUT2D eigenvalue weighted by Gasteiger charge is -2.28. The second-order valence-electron chi connectivity index (χ2n) is 11.8. The molecule has 9 aromatic rings. The van der Waals surface area contributed by atoms with Gasteiger partial charge in [0.05, 0.1) is 5.69 Å². The number of nitrogens with zero attached hydrogens (tertiary/aromatic N) is 1. The third kappa shape index (κ3) is 4.24. The van der Waals surface area contributed by atoms with Gasteiger partial charge >= 0.3 is 0 Å². The number of rotatable bonds is 4. The molecule has 210 valence electrons. The summed E-state index contributed by atoms with van der Waals surface area (Å²) in [5.41, 5.74) is 5.90. The van der Waals surface area contributed by atoms with E-state index in [1.54, 1.807) is 0 Å². The van der Waals surface area contributed by atoms with Crippen LogP contribution in [0.4, 0.5) is 17.1 Å². The van der Waals surface area contributed by atoms with Crippen LogP contribution in [-0.2, 0) is 0 Å². The molecule has 0 unspecified atom stereocenters. The van der Waals surface area contributed by atoms with E-state index in [1.165, 1.54) is 70.7 Å². The first kappa shape index (κ1) is 25.6. The molecule has 1 nitrogen and oxygen atoms in total. The molecular weight excluding hydrogens is 542 g/mol. The van der Waals surface area contributed by atoms with Gasteiger partial charge in [-0.15, -0.1) is 0 Å². The van der Waals surface area contributed by atoms with E-state index in [0.717, 1.165) is 11.4 Å². The molecule has 0 radical (unpaired) electrons. The molecule has 0 spiro atoms. The van der Waals surface area contributed by atoms with Crippen molar-refractivity contribution in [2.24, 2.45) is 0 Å². The summed E-state index contributed by atoms with van der Waals surface area (Å²) in [6, 6.07) is 64.1. The van der Waals surface area contributed by atoms with E-state index in [1.807, 2.05) is 0 Å². The second kappa shape index (κ2) is 10.4. The maximum Gasteiger partial charge on any atom is 0.0546 e. The smallest absolute Gasteiger partial charge is 0.0546 e. The topological polar surface area (TPSA) is 3.24 Å². The summed E-state index contributed by atoms with van der Waals surface area (Å²) >= 11 is 0. The number of hydrogen-bond donors (Lipinski definition) is 0. The number of fused-ring (bicyclic) bond motifs is 7. The summed E-state index contributed by atoms with van der Waals surface area (Å²) in [7, 11) is 0. The Kier molecular flexibility index (Phi) is 5.89. The SMILES string of the molecule is c1ccc2cc(N(c3ccc(-c4cc5ccccc5c5ccccc45)cc3)c3cc4ccccc4c4ccccc34)ccc2c1. The lowest BCUT2D eigenvalue weighted by Crippen LogP contribution is -2.10. The Morgan fingerprint density at radius 2 is 0.778 bits per heavy atom. The van der Waals surface area contributed by atoms with Crippen LogP contribution in [0.2, 0.25) is 0 Å². The van der Waals surface area contributed by atoms with E-state index in [-0.39, 0.29) is 0 Å². The highest BCUT2D eigenvalue weighted by Crippen LogP contribution is 2.43. The normalized spacial score (nSPS) is 11.6. The molecule has 1 heteroatoms. The van der Waals surface area contributed by atoms with Gasteiger partial charge in [0.15, 0.2) is 0 Å². The van der Waals surface area contributed by atoms with Crippen LogP contribution in [0.1, 0.15) is 0 Å². The Bertz CT molecular complexity index is 2540. The lowest BCUT2D eigenvalue weighted by molar-refractivity contribution is 1.31. The average molecular weight is 572 g/mol. The van der Waals surface area contributed by atoms with Crippen LogP contribution in [0, 0.1) is 0 Å². The fourth-order valence-corrected chi connectivity index (χ4v) is 7.05. The average Bonchev–Trinajstić information content (AvgIpc) is 3.12. The fourth-order valence-electron chi connectivity index (χ4n) is 7.05. The van der Waals surface area contributed by atoms with Crippen molar-refractivity contribution >= 4 is 70.9 Å². The monoisotopic (exact) mass is 571 g/mol. The van der Waals surface area contributed by atoms with Crippen LogP contribution in [-0.4, -0.2) is 0 Å². The molecule has 0 fully saturated rings. The van der Waals surface area contributed by atoms with Gasteiger partial charge in [0.2, 0.25) is 0 Å². The Morgan fingerprint density at radius 1 is 0.289 bits per heavy atom. The van der Waals surface area contributed by atoms with Gasteiger partial charge in [-0.1, -0.05) is 140 Å². The van der Waals surface area contributed by atoms with Crippen molar-refractivity contribution in [1.82, 2.24) is 0 Å². The van der Waals surface area contributed by atoms with E-state index >= 15 is 0 Å². The minimum atomic E-state index is 1.12. The first-order valence-electron chi connectivity index (χ1n) is 15.5. The van der Waals surface area contributed by atoms with Gasteiger partial charge in [0.25, 0.3) is 0 Å². The minimum Gasteiger partial charge on any atom is -0.310 e. The molecule has 0 bridgehead atoms. The Hall–Kier alpha value is -5.92. The standard InChI is InChI=1S/C44H29N/c1-2-12-32-27-36(26-21-30(32)11-1)45(44-29-34-14-4-6-16-38(34)40-18-9-10-20-42(40)44)35-24-22-31(23-25-35)43-28-33-13-3-5-15-37(33)39-17-7-8-19-41(39)43/h1-29H. The largest absolute Gasteiger partial charge is 0.310 e. The molecule has 0 aromatic heterocycles. The molecule has 0 N–H and O–H groups in total. The Morgan fingerprint density at radius 3 is 1.47 bits per heavy atom. The minimum absolute atomic E-state index is 1.12. The van der Waals surface area contributed by atoms with E-state index in [0.29, 0.717) is 0 Å². The van der Waals surface area contributed by atoms with Gasteiger partial charge in [0, 0.05) is 16.8 Å². The van der Waals surface area contributed by atoms with E-state index in [4.69, 9.17) is 0 Å². The van der Waals surface area contributed by atoms with Crippen LogP contribution in [0.15, 0.2) is 176 Å². The summed E-state index contributed by atoms with van der Waals surface area (Å²) in [4.78, 5) is 2.42. The summed E-state index contributed by atoms with van der Waals surface area (Å²) in [5.74, 6) is 0. The Labute approximate surface area is 262 Å². The lowest BCUT2D eigenvalue weighted by atomic mass is 9.93. The third-order valence-electron chi connectivity index (χ3n) is 9.18. The van der Waals surface area contributed by atoms with Crippen LogP contribution >= 0.6 is 0 Å². The molecule has 0 saturated carbocycles. The van der Waals surface area contributed by atoms with E-state index < -0.39 is 0 Å². The zero-order valence-corrected chi connectivity index (χ0v) is 24.7. The van der Waals surface area contributed by atoms with Crippen molar-refractivity contribution in [3.8, 4) is 11.1 Å². The molecule has 45 heavy (non-hydrogen) atoms. The maximum absolute atomic E-state index is 2.42. The zero-order valence-electron chi connectivity index (χ0n) is 24.7. The van der Waals surface area contributed by atoms with Crippen molar-refractivity contribution in [2.75, 3.05) is 4.90 Å². The predicted octanol–water partition coefficient (Wildman–Crippen LogP) is 12.6. The summed E-state index contributed by atoms with van der Waals surface area (Å²) in [6.45, 7) is 0. The van der Waals surface area contributed by atoms with E-state index in [9.17, 15) is 0 Å². The number of anilines is 3. The maximum atomic E-state index is 2.42. The van der Waals surface area contributed by atoms with Gasteiger partial charge in [-0.3, -0.25) is 0 Å². The van der Waals surface area contributed by atoms with Crippen LogP contribution < -0.4 is 4.90 Å². The van der Waals surface area contributed by atoms with Gasteiger partial charge in [-0.05, 0) is 96.0 Å². The molecule has 0 aliphatic carbocycles. The molecule has 0 amide bonds. The van der Waals surface area contributed by atoms with Crippen LogP contribution in [0.5, 0.6) is 0 Å². The number of benzene rings is 9. The van der Waals surface area contributed by atoms with Crippen molar-refractivity contribution in [2.45, 2.75) is 0 Å². The van der Waals surface area contributed by atoms with Gasteiger partial charge in [-0.25, -0.2) is 0 Å². The van der Waals surface area contributed by atoms with Crippen LogP contribution in [0.3, 0.4) is 0 Å². The third-order valence-corrected chi connectivity index (χ3v) is 9.18. The number of hydrogen-bond acceptors (Lipinski definition) is 1. The molecule has 9 aromatic carbocycles. The molecule has 9 rings (SSSR count). The zero-order chi connectivity index (χ0) is 29.7. The molecule has 0 aliphatic rings. The van der Waals surface area contributed by atoms with Gasteiger partial charge < -0.3 is 4.90 Å². The highest BCUT2D eigenvalue weighted by atomic mass is 15.1. The molecule has 0 aliphatic heterocycles. The summed E-state index contributed by atoms with van der Waals surface area (Å²) in [6.07, 6.45) is 0. The van der Waals surface area contributed by atoms with Crippen molar-refractivity contribution in [3.05, 3.63) is 176 Å². The highest BCUT2D eigenvalue weighted by molar-refractivity contribution is 6.15. The van der Waals surface area contributed by atoms with Crippen molar-refractivity contribution in [1.29, 1.82) is 0 Å². The molecular formula is C44H29N. The second-order valence-corrected chi connectivity index (χ2v) is 11.8. The molecule has 0 saturated heterocycles. The van der Waals surface area contributed by atoms with Crippen molar-refractivity contribution in [3.63, 3.8) is 0 Å². The van der Waals surface area contributed by atoms with Crippen molar-refractivity contribution < 1.29 is 0 Å². The fraction of sp³-hybridized carbons (Fsp3) is 0. The molecule has 0 atom stereocenters. The predicted molar refractivity (Wildman–Crippen MR) is 194 cm³/mol. The Balaban J connectivity index is 1.27. The van der Waals surface area contributed by atoms with Gasteiger partial charge in [-0.2, -0.15) is 0 Å². The summed E-state index contributed by atoms with van der Waals surface area (Å²) in [5, 5.41) is 12.6. The first-order valence-corrected chi connectivity index (χ1v) is 15.5. The first-order chi connectivity index (χ1) is 22.3. The quantitative estimate of drug-likeness (QED) is 0.190. The van der Waals surface area contributed by atoms with Crippen LogP contribution in [0.25, 0.3) is 65.0 Å². The highest BCUT2D eigenvalue weighted by Gasteiger charge is 2.18. The van der Waals surface area contributed by atoms with Gasteiger partial charge in [0.1, 0.15) is 0 Å². The molecule has 0 heterocycles. The van der Waals surface area contributed by atoms with E-state index in [2.05, 4.69) is 181 Å².